The van der Waals surface area contributed by atoms with Crippen molar-refractivity contribution >= 4 is 0 Å². The first kappa shape index (κ1) is 12.0. The zero-order valence-electron chi connectivity index (χ0n) is 9.60. The summed E-state index contributed by atoms with van der Waals surface area (Å²) in [6, 6.07) is 0. The Balaban J connectivity index is 4.89. The number of hydrogen-bond donors (Lipinski definition) is 1. The molecule has 0 amide bonds. The lowest BCUT2D eigenvalue weighted by molar-refractivity contribution is -0.129. The Morgan fingerprint density at radius 1 is 0.833 bits per heavy atom. The second kappa shape index (κ2) is 3.37. The fraction of sp³-hybridized carbons (Fsp3) is 1.00. The summed E-state index contributed by atoms with van der Waals surface area (Å²) in [5, 5.41) is 10.5. The van der Waals surface area contributed by atoms with Gasteiger partial charge in [-0.05, 0) is 17.3 Å². The molecular formula is C11H24O. The van der Waals surface area contributed by atoms with Gasteiger partial charge in [-0.15, -0.1) is 0 Å². The molecule has 1 nitrogen and oxygen atoms in total. The second-order valence-electron chi connectivity index (χ2n) is 5.38. The summed E-state index contributed by atoms with van der Waals surface area (Å²) in [6.07, 6.45) is 0. The molecule has 74 valence electrons. The number of aliphatic hydroxyl groups is 1. The third-order valence-corrected chi connectivity index (χ3v) is 2.96. The minimum Gasteiger partial charge on any atom is -0.389 e. The molecule has 0 aromatic carbocycles. The van der Waals surface area contributed by atoms with Crippen LogP contribution in [0.25, 0.3) is 0 Å². The van der Waals surface area contributed by atoms with Gasteiger partial charge >= 0.3 is 0 Å². The monoisotopic (exact) mass is 172 g/mol. The molecule has 0 unspecified atom stereocenters. The molecule has 0 aromatic heterocycles. The van der Waals surface area contributed by atoms with Crippen molar-refractivity contribution in [3.05, 3.63) is 0 Å². The molecule has 0 aliphatic heterocycles. The van der Waals surface area contributed by atoms with Gasteiger partial charge in [0.1, 0.15) is 0 Å². The summed E-state index contributed by atoms with van der Waals surface area (Å²) in [7, 11) is 0. The van der Waals surface area contributed by atoms with E-state index in [9.17, 15) is 5.11 Å². The van der Waals surface area contributed by atoms with E-state index >= 15 is 0 Å². The highest BCUT2D eigenvalue weighted by Gasteiger charge is 2.44. The van der Waals surface area contributed by atoms with Gasteiger partial charge in [0, 0.05) is 0 Å². The summed E-state index contributed by atoms with van der Waals surface area (Å²) < 4.78 is 0. The van der Waals surface area contributed by atoms with Crippen LogP contribution < -0.4 is 0 Å². The zero-order valence-corrected chi connectivity index (χ0v) is 9.60. The van der Waals surface area contributed by atoms with Gasteiger partial charge in [-0.2, -0.15) is 0 Å². The lowest BCUT2D eigenvalue weighted by Gasteiger charge is -2.47. The summed E-state index contributed by atoms with van der Waals surface area (Å²) >= 11 is 0. The maximum absolute atomic E-state index is 10.5. The van der Waals surface area contributed by atoms with Crippen molar-refractivity contribution in [2.75, 3.05) is 0 Å². The van der Waals surface area contributed by atoms with Crippen LogP contribution in [0.2, 0.25) is 0 Å². The van der Waals surface area contributed by atoms with Gasteiger partial charge in [-0.3, -0.25) is 0 Å². The average molecular weight is 172 g/mol. The molecule has 0 saturated heterocycles. The standard InChI is InChI=1S/C11H24O/c1-8(2)11(12,9(3)4)10(5,6)7/h8-9,12H,1-7H3. The molecule has 0 aliphatic carbocycles. The van der Waals surface area contributed by atoms with E-state index in [1.54, 1.807) is 0 Å². The van der Waals surface area contributed by atoms with Crippen molar-refractivity contribution in [2.24, 2.45) is 17.3 Å². The van der Waals surface area contributed by atoms with Crippen LogP contribution in [-0.4, -0.2) is 10.7 Å². The van der Waals surface area contributed by atoms with Crippen LogP contribution in [0.4, 0.5) is 0 Å². The van der Waals surface area contributed by atoms with Crippen LogP contribution in [0.3, 0.4) is 0 Å². The van der Waals surface area contributed by atoms with E-state index in [2.05, 4.69) is 48.5 Å². The summed E-state index contributed by atoms with van der Waals surface area (Å²) in [5.41, 5.74) is -0.609. The summed E-state index contributed by atoms with van der Waals surface area (Å²) in [4.78, 5) is 0. The van der Waals surface area contributed by atoms with Crippen molar-refractivity contribution in [1.82, 2.24) is 0 Å². The highest BCUT2D eigenvalue weighted by Crippen LogP contribution is 2.41. The average Bonchev–Trinajstić information content (AvgIpc) is 1.82. The van der Waals surface area contributed by atoms with Crippen LogP contribution in [0.5, 0.6) is 0 Å². The third kappa shape index (κ3) is 1.82. The lowest BCUT2D eigenvalue weighted by atomic mass is 9.64. The van der Waals surface area contributed by atoms with Crippen molar-refractivity contribution in [3.8, 4) is 0 Å². The Hall–Kier alpha value is -0.0400. The van der Waals surface area contributed by atoms with Gasteiger partial charge in [0.05, 0.1) is 5.60 Å². The topological polar surface area (TPSA) is 20.2 Å². The quantitative estimate of drug-likeness (QED) is 0.678. The number of hydrogen-bond acceptors (Lipinski definition) is 1. The molecule has 0 heterocycles. The molecule has 1 heteroatoms. The minimum atomic E-state index is -0.562. The van der Waals surface area contributed by atoms with E-state index < -0.39 is 5.60 Å². The Bertz CT molecular complexity index is 132. The van der Waals surface area contributed by atoms with E-state index in [-0.39, 0.29) is 5.41 Å². The van der Waals surface area contributed by atoms with Crippen molar-refractivity contribution in [2.45, 2.75) is 54.1 Å². The Morgan fingerprint density at radius 2 is 1.08 bits per heavy atom. The Morgan fingerprint density at radius 3 is 1.08 bits per heavy atom. The van der Waals surface area contributed by atoms with E-state index in [0.717, 1.165) is 0 Å². The molecule has 0 spiro atoms. The first-order valence-corrected chi connectivity index (χ1v) is 4.86. The molecule has 0 saturated carbocycles. The molecular weight excluding hydrogens is 148 g/mol. The molecule has 0 aliphatic rings. The second-order valence-corrected chi connectivity index (χ2v) is 5.38. The fourth-order valence-corrected chi connectivity index (χ4v) is 2.40. The summed E-state index contributed by atoms with van der Waals surface area (Å²) in [5.74, 6) is 0.606. The molecule has 0 atom stereocenters. The first-order chi connectivity index (χ1) is 5.14. The van der Waals surface area contributed by atoms with Crippen LogP contribution in [0, 0.1) is 17.3 Å². The number of rotatable bonds is 2. The van der Waals surface area contributed by atoms with Crippen LogP contribution >= 0.6 is 0 Å². The fourth-order valence-electron chi connectivity index (χ4n) is 2.40. The van der Waals surface area contributed by atoms with Gasteiger partial charge < -0.3 is 5.11 Å². The van der Waals surface area contributed by atoms with Crippen molar-refractivity contribution in [3.63, 3.8) is 0 Å². The Kier molecular flexibility index (Phi) is 3.36. The molecule has 0 fully saturated rings. The molecule has 0 radical (unpaired) electrons. The molecule has 0 bridgehead atoms. The van der Waals surface area contributed by atoms with Crippen LogP contribution in [0.1, 0.15) is 48.5 Å². The third-order valence-electron chi connectivity index (χ3n) is 2.96. The SMILES string of the molecule is CC(C)C(O)(C(C)C)C(C)(C)C. The largest absolute Gasteiger partial charge is 0.389 e. The van der Waals surface area contributed by atoms with E-state index in [4.69, 9.17) is 0 Å². The van der Waals surface area contributed by atoms with Crippen molar-refractivity contribution < 1.29 is 5.11 Å². The van der Waals surface area contributed by atoms with Crippen LogP contribution in [0.15, 0.2) is 0 Å². The van der Waals surface area contributed by atoms with Crippen molar-refractivity contribution in [1.29, 1.82) is 0 Å². The predicted molar refractivity (Wildman–Crippen MR) is 54.1 cm³/mol. The maximum Gasteiger partial charge on any atom is 0.0741 e. The highest BCUT2D eigenvalue weighted by atomic mass is 16.3. The molecule has 0 rings (SSSR count). The molecule has 0 aromatic rings. The van der Waals surface area contributed by atoms with Gasteiger partial charge in [0.25, 0.3) is 0 Å². The Labute approximate surface area is 77.2 Å². The predicted octanol–water partition coefficient (Wildman–Crippen LogP) is 3.08. The molecule has 1 N–H and O–H groups in total. The lowest BCUT2D eigenvalue weighted by Crippen LogP contribution is -2.51. The van der Waals surface area contributed by atoms with Gasteiger partial charge in [-0.25, -0.2) is 0 Å². The van der Waals surface area contributed by atoms with E-state index in [1.165, 1.54) is 0 Å². The van der Waals surface area contributed by atoms with Crippen LogP contribution in [-0.2, 0) is 0 Å². The summed E-state index contributed by atoms with van der Waals surface area (Å²) in [6.45, 7) is 14.7. The minimum absolute atomic E-state index is 0.0463. The van der Waals surface area contributed by atoms with Gasteiger partial charge in [0.15, 0.2) is 0 Å². The van der Waals surface area contributed by atoms with E-state index in [1.807, 2.05) is 0 Å². The van der Waals surface area contributed by atoms with E-state index in [0.29, 0.717) is 11.8 Å². The molecule has 12 heavy (non-hydrogen) atoms. The maximum atomic E-state index is 10.5. The smallest absolute Gasteiger partial charge is 0.0741 e. The zero-order chi connectivity index (χ0) is 10.2. The normalized spacial score (nSPS) is 14.5. The first-order valence-electron chi connectivity index (χ1n) is 4.86. The van der Waals surface area contributed by atoms with Gasteiger partial charge in [0.2, 0.25) is 0 Å². The van der Waals surface area contributed by atoms with Gasteiger partial charge in [-0.1, -0.05) is 48.5 Å². The highest BCUT2D eigenvalue weighted by molar-refractivity contribution is 4.95.